The number of imidazole rings is 1. The summed E-state index contributed by atoms with van der Waals surface area (Å²) in [5.74, 6) is 2.56. The molecule has 0 saturated carbocycles. The molecule has 6 rings (SSSR count). The van der Waals surface area contributed by atoms with E-state index in [1.807, 2.05) is 36.4 Å². The molecular weight excluding hydrogens is 1000 g/mol. The van der Waals surface area contributed by atoms with Crippen molar-refractivity contribution in [3.8, 4) is 28.6 Å². The van der Waals surface area contributed by atoms with Gasteiger partial charge >= 0.3 is 16.8 Å². The van der Waals surface area contributed by atoms with Gasteiger partial charge in [-0.1, -0.05) is 270 Å². The van der Waals surface area contributed by atoms with Crippen LogP contribution in [0.3, 0.4) is 0 Å². The van der Waals surface area contributed by atoms with E-state index >= 15 is 0 Å². The van der Waals surface area contributed by atoms with Crippen molar-refractivity contribution in [3.05, 3.63) is 164 Å². The van der Waals surface area contributed by atoms with Crippen LogP contribution in [0.1, 0.15) is 276 Å². The summed E-state index contributed by atoms with van der Waals surface area (Å²) >= 11 is 0. The Morgan fingerprint density at radius 3 is 0.795 bits per heavy atom. The third-order valence-electron chi connectivity index (χ3n) is 14.4. The molecule has 1 radical (unpaired) electrons. The zero-order valence-corrected chi connectivity index (χ0v) is 55.5. The van der Waals surface area contributed by atoms with E-state index < -0.39 is 0 Å². The number of nitrogens with zero attached hydrogens (tertiary/aromatic N) is 2. The molecule has 0 atom stereocenters. The zero-order chi connectivity index (χ0) is 59.5. The number of aryl methyl sites for hydroxylation is 3. The molecule has 0 spiro atoms. The van der Waals surface area contributed by atoms with Gasteiger partial charge in [-0.3, -0.25) is 0 Å². The molecule has 0 aliphatic carbocycles. The van der Waals surface area contributed by atoms with Crippen molar-refractivity contribution in [1.29, 1.82) is 0 Å². The van der Waals surface area contributed by atoms with Gasteiger partial charge in [-0.2, -0.15) is 0 Å². The van der Waals surface area contributed by atoms with Crippen molar-refractivity contribution in [2.45, 2.75) is 257 Å². The van der Waals surface area contributed by atoms with Crippen LogP contribution >= 0.6 is 0 Å². The summed E-state index contributed by atoms with van der Waals surface area (Å²) in [6, 6.07) is 25.7. The second-order valence-electron chi connectivity index (χ2n) is 29.5. The van der Waals surface area contributed by atoms with Crippen LogP contribution in [0, 0.1) is 20.8 Å². The summed E-state index contributed by atoms with van der Waals surface area (Å²) in [6.07, 6.45) is 6.70. The summed E-state index contributed by atoms with van der Waals surface area (Å²) in [4.78, 5) is 0. The molecule has 0 amide bonds. The molecular formula is C72H106CoN2O3. The number of aromatic nitrogens is 2. The second-order valence-corrected chi connectivity index (χ2v) is 29.5. The predicted octanol–water partition coefficient (Wildman–Crippen LogP) is 18.2. The second kappa shape index (κ2) is 26.2. The maximum Gasteiger partial charge on any atom is 2.00 e. The normalized spacial score (nSPS) is 12.4. The van der Waals surface area contributed by atoms with Gasteiger partial charge in [-0.25, -0.2) is 9.13 Å². The smallest absolute Gasteiger partial charge is 0.872 e. The minimum absolute atomic E-state index is 0. The fourth-order valence-corrected chi connectivity index (χ4v) is 9.90. The van der Waals surface area contributed by atoms with Gasteiger partial charge in [0.1, 0.15) is 23.8 Å². The number of para-hydroxylation sites is 2. The fraction of sp³-hybridized carbons (Fsp3) is 0.542. The van der Waals surface area contributed by atoms with Gasteiger partial charge in [-0.05, 0) is 110 Å². The third kappa shape index (κ3) is 17.9. The van der Waals surface area contributed by atoms with Gasteiger partial charge in [0, 0.05) is 22.3 Å². The van der Waals surface area contributed by atoms with Crippen molar-refractivity contribution >= 4 is 0 Å². The van der Waals surface area contributed by atoms with Crippen LogP contribution in [0.25, 0.3) is 11.4 Å². The molecule has 5 nitrogen and oxygen atoms in total. The standard InChI is InChI=1S/C27H37N2.3C15H24O.Co/c1-18(2)22-11-9-12-23(19(3)4)26(22)28-15-16-29(17-28)27-24(20(5)6)13-10-14-25(27)21(7)8;3*1-10-8-11(14(2,3)4)13(16)12(9-10)15(5,6)7;/h9-21H,1-8H3;3*8-9,16H,1-7H3;/q+1;;;;+2/p-3. The number of rotatable bonds is 6. The van der Waals surface area contributed by atoms with Gasteiger partial charge in [-0.15, -0.1) is 17.2 Å². The first kappa shape index (κ1) is 69.3. The summed E-state index contributed by atoms with van der Waals surface area (Å²) in [7, 11) is 0. The minimum Gasteiger partial charge on any atom is -0.872 e. The monoisotopic (exact) mass is 1110 g/mol. The van der Waals surface area contributed by atoms with Crippen molar-refractivity contribution in [1.82, 2.24) is 4.57 Å². The van der Waals surface area contributed by atoms with E-state index in [0.717, 1.165) is 33.4 Å². The third-order valence-corrected chi connectivity index (χ3v) is 14.4. The molecule has 6 aromatic rings. The quantitative estimate of drug-likeness (QED) is 0.156. The van der Waals surface area contributed by atoms with Gasteiger partial charge in [0.2, 0.25) is 0 Å². The molecule has 0 unspecified atom stereocenters. The van der Waals surface area contributed by atoms with E-state index in [2.05, 4.69) is 265 Å². The van der Waals surface area contributed by atoms with Gasteiger partial charge < -0.3 is 15.3 Å². The van der Waals surface area contributed by atoms with Crippen LogP contribution in [0.2, 0.25) is 0 Å². The molecule has 1 aromatic heterocycles. The average molecular weight is 1110 g/mol. The minimum atomic E-state index is -0.0803. The van der Waals surface area contributed by atoms with Crippen LogP contribution in [0.5, 0.6) is 17.2 Å². The van der Waals surface area contributed by atoms with Crippen molar-refractivity contribution in [2.75, 3.05) is 0 Å². The molecule has 0 saturated heterocycles. The van der Waals surface area contributed by atoms with Crippen LogP contribution in [-0.4, -0.2) is 4.57 Å². The zero-order valence-electron chi connectivity index (χ0n) is 54.4. The molecule has 0 aliphatic heterocycles. The molecule has 0 N–H and O–H groups in total. The van der Waals surface area contributed by atoms with Crippen LogP contribution in [0.4, 0.5) is 0 Å². The van der Waals surface area contributed by atoms with Crippen LogP contribution in [-0.2, 0) is 49.3 Å². The van der Waals surface area contributed by atoms with Crippen molar-refractivity contribution < 1.29 is 36.7 Å². The van der Waals surface area contributed by atoms with Gasteiger partial charge in [0.25, 0.3) is 6.33 Å². The molecule has 0 bridgehead atoms. The van der Waals surface area contributed by atoms with Gasteiger partial charge in [0.05, 0.1) is 0 Å². The van der Waals surface area contributed by atoms with Crippen molar-refractivity contribution in [2.24, 2.45) is 0 Å². The summed E-state index contributed by atoms with van der Waals surface area (Å²) in [5.41, 5.74) is 16.9. The van der Waals surface area contributed by atoms with Crippen LogP contribution in [0.15, 0.2) is 91.5 Å². The van der Waals surface area contributed by atoms with E-state index in [1.165, 1.54) is 50.3 Å². The number of hydrogen-bond acceptors (Lipinski definition) is 3. The Kier molecular flexibility index (Phi) is 23.3. The average Bonchev–Trinajstić information content (AvgIpc) is 3.76. The molecule has 6 heteroatoms. The van der Waals surface area contributed by atoms with Crippen molar-refractivity contribution in [3.63, 3.8) is 0 Å². The van der Waals surface area contributed by atoms with E-state index in [-0.39, 0.29) is 66.5 Å². The number of hydrogen-bond donors (Lipinski definition) is 0. The molecule has 78 heavy (non-hydrogen) atoms. The Balaban J connectivity index is 0.000000370. The van der Waals surface area contributed by atoms with Crippen LogP contribution < -0.4 is 19.9 Å². The van der Waals surface area contributed by atoms with E-state index in [1.54, 1.807) is 0 Å². The number of benzene rings is 5. The topological polar surface area (TPSA) is 78.0 Å². The molecule has 1 heterocycles. The molecule has 431 valence electrons. The van der Waals surface area contributed by atoms with E-state index in [0.29, 0.717) is 23.7 Å². The molecule has 5 aromatic carbocycles. The Labute approximate surface area is 488 Å². The summed E-state index contributed by atoms with van der Waals surface area (Å²) < 4.78 is 4.65. The Morgan fingerprint density at radius 1 is 0.372 bits per heavy atom. The first-order valence-electron chi connectivity index (χ1n) is 28.7. The predicted molar refractivity (Wildman–Crippen MR) is 328 cm³/mol. The molecule has 0 aliphatic rings. The first-order valence-corrected chi connectivity index (χ1v) is 28.7. The van der Waals surface area contributed by atoms with Gasteiger partial charge in [0.15, 0.2) is 0 Å². The Hall–Kier alpha value is -4.78. The first-order chi connectivity index (χ1) is 34.8. The maximum atomic E-state index is 12.4. The summed E-state index contributed by atoms with van der Waals surface area (Å²) in [5, 5.41) is 37.2. The van der Waals surface area contributed by atoms with E-state index in [9.17, 15) is 15.3 Å². The summed E-state index contributed by atoms with van der Waals surface area (Å²) in [6.45, 7) is 62.1. The maximum absolute atomic E-state index is 12.4. The SMILES string of the molecule is CC(C)c1cccc(C(C)C)c1-n1cc[n+](-c2c(C(C)C)cccc2C(C)C)c1.Cc1cc(C(C)(C)C)c([O-])c(C(C)(C)C)c1.Cc1cc(C(C)(C)C)c([O-])c(C(C)(C)C)c1.Cc1cc(C(C)(C)C)c([O-])c(C(C)(C)C)c1.[Co+2]. The molecule has 0 fully saturated rings. The Morgan fingerprint density at radius 2 is 0.590 bits per heavy atom. The Bertz CT molecular complexity index is 2500. The fourth-order valence-electron chi connectivity index (χ4n) is 9.90. The largest absolute Gasteiger partial charge is 2.00 e. The van der Waals surface area contributed by atoms with E-state index in [4.69, 9.17) is 0 Å².